The number of hydrazone groups is 1. The topological polar surface area (TPSA) is 59.5 Å². The third kappa shape index (κ3) is 4.32. The average Bonchev–Trinajstić information content (AvgIpc) is 3.20. The number of hydrogen-bond acceptors (Lipinski definition) is 3. The summed E-state index contributed by atoms with van der Waals surface area (Å²) in [5, 5.41) is 5.02. The van der Waals surface area contributed by atoms with Gasteiger partial charge in [0.25, 0.3) is 0 Å². The van der Waals surface area contributed by atoms with Gasteiger partial charge in [-0.15, -0.1) is 0 Å². The highest BCUT2D eigenvalue weighted by atomic mass is 35.5. The van der Waals surface area contributed by atoms with Gasteiger partial charge in [-0.05, 0) is 42.5 Å². The molecule has 0 aliphatic carbocycles. The molecular weight excluding hydrogens is 361 g/mol. The SMILES string of the molecule is Cn1cccc1CC(=O)NN=Cc1ccc(-c2cc(Cl)ccc2Cl)o1. The van der Waals surface area contributed by atoms with Crippen LogP contribution in [-0.4, -0.2) is 16.7 Å². The quantitative estimate of drug-likeness (QED) is 0.534. The monoisotopic (exact) mass is 375 g/mol. The van der Waals surface area contributed by atoms with Gasteiger partial charge in [0.1, 0.15) is 11.5 Å². The lowest BCUT2D eigenvalue weighted by molar-refractivity contribution is -0.120. The van der Waals surface area contributed by atoms with Crippen molar-refractivity contribution in [2.75, 3.05) is 0 Å². The summed E-state index contributed by atoms with van der Waals surface area (Å²) in [4.78, 5) is 11.9. The number of hydrogen-bond donors (Lipinski definition) is 1. The fourth-order valence-electron chi connectivity index (χ4n) is 2.31. The number of benzene rings is 1. The van der Waals surface area contributed by atoms with E-state index in [2.05, 4.69) is 10.5 Å². The molecule has 2 aromatic heterocycles. The molecule has 0 aliphatic heterocycles. The van der Waals surface area contributed by atoms with Gasteiger partial charge in [0, 0.05) is 29.5 Å². The van der Waals surface area contributed by atoms with Crippen LogP contribution in [0.15, 0.2) is 58.2 Å². The van der Waals surface area contributed by atoms with Gasteiger partial charge in [0.05, 0.1) is 17.7 Å². The normalized spacial score (nSPS) is 11.2. The van der Waals surface area contributed by atoms with Gasteiger partial charge < -0.3 is 8.98 Å². The van der Waals surface area contributed by atoms with Gasteiger partial charge in [-0.1, -0.05) is 23.2 Å². The van der Waals surface area contributed by atoms with Crippen molar-refractivity contribution in [3.63, 3.8) is 0 Å². The smallest absolute Gasteiger partial charge is 0.245 e. The number of aromatic nitrogens is 1. The highest BCUT2D eigenvalue weighted by molar-refractivity contribution is 6.35. The van der Waals surface area contributed by atoms with Gasteiger partial charge in [-0.2, -0.15) is 5.10 Å². The first-order chi connectivity index (χ1) is 12.0. The molecule has 0 atom stereocenters. The lowest BCUT2D eigenvalue weighted by atomic mass is 10.2. The number of nitrogens with zero attached hydrogens (tertiary/aromatic N) is 2. The van der Waals surface area contributed by atoms with Crippen molar-refractivity contribution < 1.29 is 9.21 Å². The Bertz CT molecular complexity index is 928. The molecule has 1 aromatic carbocycles. The maximum atomic E-state index is 11.9. The molecule has 3 aromatic rings. The molecule has 0 spiro atoms. The molecule has 128 valence electrons. The molecule has 3 rings (SSSR count). The molecule has 0 bridgehead atoms. The Kier molecular flexibility index (Phi) is 5.26. The molecule has 0 saturated heterocycles. The van der Waals surface area contributed by atoms with Crippen LogP contribution in [0.1, 0.15) is 11.5 Å². The van der Waals surface area contributed by atoms with E-state index >= 15 is 0 Å². The van der Waals surface area contributed by atoms with Gasteiger partial charge in [0.15, 0.2) is 0 Å². The molecule has 0 radical (unpaired) electrons. The third-order valence-corrected chi connectivity index (χ3v) is 4.16. The predicted octanol–water partition coefficient (Wildman–Crippen LogP) is 4.28. The van der Waals surface area contributed by atoms with Gasteiger partial charge in [0.2, 0.25) is 5.91 Å². The summed E-state index contributed by atoms with van der Waals surface area (Å²) in [5.74, 6) is 0.858. The molecule has 1 amide bonds. The zero-order valence-corrected chi connectivity index (χ0v) is 14.9. The number of carbonyl (C=O) groups is 1. The van der Waals surface area contributed by atoms with Crippen molar-refractivity contribution in [3.05, 3.63) is 70.2 Å². The average molecular weight is 376 g/mol. The first kappa shape index (κ1) is 17.3. The minimum atomic E-state index is -0.206. The standard InChI is InChI=1S/C18H15Cl2N3O2/c1-23-8-2-3-13(23)10-18(24)22-21-11-14-5-7-17(25-14)15-9-12(19)4-6-16(15)20/h2-9,11H,10H2,1H3,(H,22,24). The molecule has 25 heavy (non-hydrogen) atoms. The van der Waals surface area contributed by atoms with E-state index in [9.17, 15) is 4.79 Å². The summed E-state index contributed by atoms with van der Waals surface area (Å²) >= 11 is 12.1. The van der Waals surface area contributed by atoms with Crippen molar-refractivity contribution >= 4 is 35.3 Å². The maximum absolute atomic E-state index is 11.9. The maximum Gasteiger partial charge on any atom is 0.245 e. The summed E-state index contributed by atoms with van der Waals surface area (Å²) < 4.78 is 7.55. The Labute approximate surface area is 154 Å². The minimum absolute atomic E-state index is 0.206. The Hall–Kier alpha value is -2.50. The van der Waals surface area contributed by atoms with Crippen LogP contribution in [0.2, 0.25) is 10.0 Å². The van der Waals surface area contributed by atoms with Crippen LogP contribution in [-0.2, 0) is 18.3 Å². The number of furan rings is 1. The molecule has 7 heteroatoms. The predicted molar refractivity (Wildman–Crippen MR) is 99.0 cm³/mol. The second-order valence-electron chi connectivity index (χ2n) is 5.41. The minimum Gasteiger partial charge on any atom is -0.455 e. The Morgan fingerprint density at radius 1 is 1.28 bits per heavy atom. The molecule has 0 fully saturated rings. The second kappa shape index (κ2) is 7.59. The van der Waals surface area contributed by atoms with Crippen LogP contribution in [0, 0.1) is 0 Å². The van der Waals surface area contributed by atoms with Crippen molar-refractivity contribution in [1.82, 2.24) is 9.99 Å². The van der Waals surface area contributed by atoms with Crippen molar-refractivity contribution in [3.8, 4) is 11.3 Å². The molecule has 0 unspecified atom stereocenters. The van der Waals surface area contributed by atoms with E-state index < -0.39 is 0 Å². The van der Waals surface area contributed by atoms with Gasteiger partial charge in [-0.3, -0.25) is 4.79 Å². The highest BCUT2D eigenvalue weighted by Crippen LogP contribution is 2.31. The Balaban J connectivity index is 1.63. The van der Waals surface area contributed by atoms with Crippen LogP contribution >= 0.6 is 23.2 Å². The fourth-order valence-corrected chi connectivity index (χ4v) is 2.69. The number of aryl methyl sites for hydroxylation is 1. The highest BCUT2D eigenvalue weighted by Gasteiger charge is 2.09. The fraction of sp³-hybridized carbons (Fsp3) is 0.111. The zero-order valence-electron chi connectivity index (χ0n) is 13.4. The molecule has 2 heterocycles. The van der Waals surface area contributed by atoms with Crippen LogP contribution in [0.25, 0.3) is 11.3 Å². The molecule has 5 nitrogen and oxygen atoms in total. The summed E-state index contributed by atoms with van der Waals surface area (Å²) in [6.07, 6.45) is 3.57. The van der Waals surface area contributed by atoms with E-state index in [4.69, 9.17) is 27.6 Å². The molecule has 0 aliphatic rings. The number of amides is 1. The summed E-state index contributed by atoms with van der Waals surface area (Å²) in [6.45, 7) is 0. The second-order valence-corrected chi connectivity index (χ2v) is 6.25. The van der Waals surface area contributed by atoms with E-state index in [-0.39, 0.29) is 12.3 Å². The number of nitrogens with one attached hydrogen (secondary N) is 1. The molecular formula is C18H15Cl2N3O2. The van der Waals surface area contributed by atoms with E-state index in [0.717, 1.165) is 5.69 Å². The first-order valence-corrected chi connectivity index (χ1v) is 8.26. The largest absolute Gasteiger partial charge is 0.455 e. The number of carbonyl (C=O) groups excluding carboxylic acids is 1. The first-order valence-electron chi connectivity index (χ1n) is 7.50. The number of rotatable bonds is 5. The van der Waals surface area contributed by atoms with E-state index in [1.807, 2.05) is 29.9 Å². The summed E-state index contributed by atoms with van der Waals surface area (Å²) in [5.41, 5.74) is 4.08. The van der Waals surface area contributed by atoms with E-state index in [1.54, 1.807) is 30.3 Å². The van der Waals surface area contributed by atoms with Crippen molar-refractivity contribution in [2.45, 2.75) is 6.42 Å². The van der Waals surface area contributed by atoms with E-state index in [1.165, 1.54) is 6.21 Å². The summed E-state index contributed by atoms with van der Waals surface area (Å²) in [6, 6.07) is 12.4. The Morgan fingerprint density at radius 3 is 2.88 bits per heavy atom. The summed E-state index contributed by atoms with van der Waals surface area (Å²) in [7, 11) is 1.89. The molecule has 0 saturated carbocycles. The van der Waals surface area contributed by atoms with Gasteiger partial charge in [-0.25, -0.2) is 5.43 Å². The van der Waals surface area contributed by atoms with Crippen LogP contribution in [0.5, 0.6) is 0 Å². The van der Waals surface area contributed by atoms with Crippen molar-refractivity contribution in [1.29, 1.82) is 0 Å². The van der Waals surface area contributed by atoms with Crippen LogP contribution in [0.4, 0.5) is 0 Å². The third-order valence-electron chi connectivity index (χ3n) is 3.59. The zero-order chi connectivity index (χ0) is 17.8. The van der Waals surface area contributed by atoms with Gasteiger partial charge >= 0.3 is 0 Å². The van der Waals surface area contributed by atoms with E-state index in [0.29, 0.717) is 27.1 Å². The van der Waals surface area contributed by atoms with Crippen LogP contribution in [0.3, 0.4) is 0 Å². The molecule has 1 N–H and O–H groups in total. The lowest BCUT2D eigenvalue weighted by Gasteiger charge is -2.02. The Morgan fingerprint density at radius 2 is 2.12 bits per heavy atom. The van der Waals surface area contributed by atoms with Crippen LogP contribution < -0.4 is 5.43 Å². The lowest BCUT2D eigenvalue weighted by Crippen LogP contribution is -2.20. The number of halogens is 2. The van der Waals surface area contributed by atoms with Crippen molar-refractivity contribution in [2.24, 2.45) is 12.1 Å².